The number of nitrogens with zero attached hydrogens (tertiary/aromatic N) is 5. The number of carbonyl (C=O) groups excluding carboxylic acids is 2. The maximum Gasteiger partial charge on any atom is 0.490 e. The number of aliphatic hydroxyl groups is 1. The van der Waals surface area contributed by atoms with Gasteiger partial charge in [-0.3, -0.25) is 28.2 Å². The van der Waals surface area contributed by atoms with Crippen LogP contribution in [0.1, 0.15) is 91.0 Å². The summed E-state index contributed by atoms with van der Waals surface area (Å²) >= 11 is 0. The van der Waals surface area contributed by atoms with E-state index in [1.54, 1.807) is 0 Å². The van der Waals surface area contributed by atoms with Crippen LogP contribution in [0, 0.1) is 0 Å². The van der Waals surface area contributed by atoms with Crippen LogP contribution in [-0.2, 0) is 94.0 Å². The molecule has 37 heteroatoms. The molecular weight excluding hydrogens is 1260 g/mol. The molecule has 0 aliphatic carbocycles. The summed E-state index contributed by atoms with van der Waals surface area (Å²) in [6.45, 7) is 2.03. The van der Waals surface area contributed by atoms with Gasteiger partial charge in [0.05, 0.1) is 24.1 Å². The molecule has 6 aliphatic rings. The molecule has 0 spiro atoms. The molecule has 88 heavy (non-hydrogen) atoms. The van der Waals surface area contributed by atoms with E-state index in [0.717, 1.165) is 121 Å². The Morgan fingerprint density at radius 3 is 2.33 bits per heavy atom. The van der Waals surface area contributed by atoms with Crippen LogP contribution in [0.25, 0.3) is 16.7 Å². The van der Waals surface area contributed by atoms with Crippen molar-refractivity contribution in [2.45, 2.75) is 111 Å². The van der Waals surface area contributed by atoms with Gasteiger partial charge in [0, 0.05) is 90.7 Å². The monoisotopic (exact) mass is 1330 g/mol. The van der Waals surface area contributed by atoms with Gasteiger partial charge in [0.1, 0.15) is 35.6 Å². The number of phosphoric ester groups is 1. The lowest BCUT2D eigenvalue weighted by Crippen LogP contribution is -2.47. The SMILES string of the molecule is Cn1c[n+]([C@@H]2O[C@H](COP(=O)(O)OP(=O)(O)OP(=O)(O)O)[C@@H](OC(=O)NCCNC(=O)CCCCCNS(=O)(=O)c3ccc(C4=c5cc6c7c(c5Oc5c4cc4c8c5CCCN8CCC4)CCC[N+]=7CCC6)c(S(=O)(=O)O)c3)[C@H]2O)c2nc(N)[nH]c(=O)c21. The Balaban J connectivity index is 0.704. The first-order chi connectivity index (χ1) is 41.6. The van der Waals surface area contributed by atoms with Crippen molar-refractivity contribution < 1.29 is 101 Å². The molecule has 0 bridgehead atoms. The van der Waals surface area contributed by atoms with Crippen molar-refractivity contribution in [3.63, 3.8) is 0 Å². The van der Waals surface area contributed by atoms with Crippen molar-refractivity contribution in [3.8, 4) is 11.5 Å². The molecule has 476 valence electrons. The standard InChI is InChI=1S/C51H63N10O22P3S2/c1-58-27-61(47-42(58)48(64)57-50(52)56-47)49-43(63)46(36(79-49)26-78-85(69,70)83-86(71,72)82-84(66,67)68)81-51(65)54-18-17-53-38(62)13-3-2-4-16-55-87(73,74)30-14-15-31(37(25-30)88(75,76)77)39-34-23-28-9-5-19-59-21-7-11-32(40(28)59)44(34)80-45-33-12-8-22-60-20-6-10-29(41(33)60)24-35(39)45/h14-15,23-25,27,36,43,46,49,55,63H,2-13,16-22,26H2,1H3,(H8-2,52,53,54,56,57,62,64,65,66,67,68,69,70,71,72,75,76,77)/p+2/t36-,43-,46-,49-/m1/s1. The second-order valence-electron chi connectivity index (χ2n) is 22.0. The fourth-order valence-corrected chi connectivity index (χ4v) is 17.5. The molecule has 12 N–H and O–H groups in total. The van der Waals surface area contributed by atoms with E-state index in [1.165, 1.54) is 30.1 Å². The fraction of sp³-hybridized carbons (Fsp3) is 0.490. The van der Waals surface area contributed by atoms with E-state index in [1.807, 2.05) is 0 Å². The smallest absolute Gasteiger partial charge is 0.455 e. The number of nitrogens with two attached hydrogens (primary N) is 1. The topological polar surface area (TPSA) is 453 Å². The number of aromatic nitrogens is 4. The normalized spacial score (nSPS) is 21.1. The third kappa shape index (κ3) is 13.3. The molecule has 0 saturated carbocycles. The first-order valence-electron chi connectivity index (χ1n) is 28.2. The van der Waals surface area contributed by atoms with Gasteiger partial charge in [0.15, 0.2) is 18.5 Å². The number of hydrogen-bond donors (Lipinski definition) is 11. The number of nitrogen functional groups attached to an aromatic ring is 1. The van der Waals surface area contributed by atoms with Gasteiger partial charge in [0.2, 0.25) is 33.0 Å². The number of nitrogens with one attached hydrogen (secondary N) is 4. The number of aryl methyl sites for hydroxylation is 3. The number of aromatic amines is 1. The number of aliphatic hydroxyl groups excluding tert-OH is 1. The van der Waals surface area contributed by atoms with E-state index in [-0.39, 0.29) is 60.0 Å². The lowest BCUT2D eigenvalue weighted by atomic mass is 9.82. The zero-order valence-corrected chi connectivity index (χ0v) is 51.4. The number of ether oxygens (including phenoxy) is 3. The number of fused-ring (bicyclic) bond motifs is 5. The van der Waals surface area contributed by atoms with Crippen LogP contribution in [0.3, 0.4) is 0 Å². The molecule has 8 heterocycles. The zero-order chi connectivity index (χ0) is 62.8. The molecule has 1 saturated heterocycles. The highest BCUT2D eigenvalue weighted by atomic mass is 32.2. The average molecular weight is 1330 g/mol. The molecule has 32 nitrogen and oxygen atoms in total. The first-order valence-corrected chi connectivity index (χ1v) is 35.6. The van der Waals surface area contributed by atoms with E-state index < -0.39 is 97.2 Å². The Morgan fingerprint density at radius 2 is 1.58 bits per heavy atom. The Morgan fingerprint density at radius 1 is 0.864 bits per heavy atom. The van der Waals surface area contributed by atoms with Crippen molar-refractivity contribution in [1.82, 2.24) is 34.5 Å². The molecule has 3 aromatic carbocycles. The third-order valence-electron chi connectivity index (χ3n) is 16.0. The molecule has 11 rings (SSSR count). The molecule has 1 fully saturated rings. The Labute approximate surface area is 501 Å². The van der Waals surface area contributed by atoms with Crippen molar-refractivity contribution in [2.24, 2.45) is 7.05 Å². The highest BCUT2D eigenvalue weighted by Crippen LogP contribution is 2.66. The number of hydrogen-bond acceptors (Lipinski definition) is 20. The quantitative estimate of drug-likeness (QED) is 0.0187. The molecular formula is C51H65N10O22P3S2+2. The van der Waals surface area contributed by atoms with E-state index in [2.05, 4.69) is 55.6 Å². The average Bonchev–Trinajstić information content (AvgIpc) is 0.882. The molecule has 6 atom stereocenters. The molecule has 5 aromatic rings. The van der Waals surface area contributed by atoms with Gasteiger partial charge in [-0.1, -0.05) is 17.5 Å². The first kappa shape index (κ1) is 63.5. The molecule has 2 unspecified atom stereocenters. The summed E-state index contributed by atoms with van der Waals surface area (Å²) < 4.78 is 139. The van der Waals surface area contributed by atoms with Crippen LogP contribution in [0.4, 0.5) is 16.4 Å². The number of unbranched alkanes of at least 4 members (excludes halogenated alkanes) is 2. The number of H-pyrrole nitrogens is 1. The highest BCUT2D eigenvalue weighted by molar-refractivity contribution is 7.89. The van der Waals surface area contributed by atoms with Gasteiger partial charge in [-0.15, -0.1) is 0 Å². The predicted molar refractivity (Wildman–Crippen MR) is 307 cm³/mol. The summed E-state index contributed by atoms with van der Waals surface area (Å²) in [5, 5.41) is 18.2. The largest absolute Gasteiger partial charge is 0.490 e. The van der Waals surface area contributed by atoms with E-state index in [9.17, 15) is 64.4 Å². The number of rotatable bonds is 22. The minimum Gasteiger partial charge on any atom is -0.455 e. The summed E-state index contributed by atoms with van der Waals surface area (Å²) in [5.41, 5.74) is 11.8. The van der Waals surface area contributed by atoms with Gasteiger partial charge in [0.25, 0.3) is 21.6 Å². The number of amides is 2. The van der Waals surface area contributed by atoms with Gasteiger partial charge < -0.3 is 60.2 Å². The second-order valence-corrected chi connectivity index (χ2v) is 29.6. The minimum atomic E-state index is -5.94. The summed E-state index contributed by atoms with van der Waals surface area (Å²) in [4.78, 5) is 83.8. The van der Waals surface area contributed by atoms with E-state index in [4.69, 9.17) is 34.3 Å². The van der Waals surface area contributed by atoms with Gasteiger partial charge in [-0.2, -0.15) is 17.0 Å². The van der Waals surface area contributed by atoms with Gasteiger partial charge in [-0.25, -0.2) is 40.8 Å². The molecule has 2 aromatic heterocycles. The maximum absolute atomic E-state index is 13.9. The summed E-state index contributed by atoms with van der Waals surface area (Å²) in [6.07, 6.45) is 0.830. The van der Waals surface area contributed by atoms with Crippen LogP contribution in [0.5, 0.6) is 11.5 Å². The van der Waals surface area contributed by atoms with Crippen LogP contribution in [-0.4, -0.2) is 143 Å². The van der Waals surface area contributed by atoms with Crippen molar-refractivity contribution in [3.05, 3.63) is 91.0 Å². The number of alkyl carbamates (subject to hydrolysis) is 1. The second kappa shape index (κ2) is 24.6. The van der Waals surface area contributed by atoms with E-state index in [0.29, 0.717) is 40.7 Å². The third-order valence-corrected chi connectivity index (χ3v) is 22.2. The van der Waals surface area contributed by atoms with Crippen molar-refractivity contribution in [2.75, 3.05) is 63.1 Å². The molecule has 6 aliphatic heterocycles. The number of anilines is 2. The Kier molecular flexibility index (Phi) is 17.8. The van der Waals surface area contributed by atoms with Gasteiger partial charge in [-0.05, 0) is 81.2 Å². The number of benzene rings is 3. The molecule has 2 amide bonds. The summed E-state index contributed by atoms with van der Waals surface area (Å²) in [7, 11) is -25.4. The fourth-order valence-electron chi connectivity index (χ4n) is 12.5. The summed E-state index contributed by atoms with van der Waals surface area (Å²) in [5.74, 6) is 0.530. The Bertz CT molecular complexity index is 4270. The number of carbonyl (C=O) groups is 2. The van der Waals surface area contributed by atoms with Crippen molar-refractivity contribution in [1.29, 1.82) is 0 Å². The van der Waals surface area contributed by atoms with Gasteiger partial charge >= 0.3 is 35.2 Å². The van der Waals surface area contributed by atoms with Crippen LogP contribution in [0.2, 0.25) is 0 Å². The van der Waals surface area contributed by atoms with E-state index >= 15 is 0 Å². The minimum absolute atomic E-state index is 0.0138. The lowest BCUT2D eigenvalue weighted by Gasteiger charge is -2.39. The highest BCUT2D eigenvalue weighted by Gasteiger charge is 2.52. The summed E-state index contributed by atoms with van der Waals surface area (Å²) in [6, 6.07) is 7.92. The van der Waals surface area contributed by atoms with Crippen molar-refractivity contribution >= 4 is 84.0 Å². The number of imidazole rings is 1. The number of phosphoric acid groups is 3. The maximum atomic E-state index is 13.9. The predicted octanol–water partition coefficient (Wildman–Crippen LogP) is 0.165. The number of sulfonamides is 1. The van der Waals surface area contributed by atoms with Crippen LogP contribution < -0.4 is 56.0 Å². The van der Waals surface area contributed by atoms with Crippen LogP contribution in [0.15, 0.2) is 51.2 Å². The zero-order valence-electron chi connectivity index (χ0n) is 47.1. The Hall–Kier alpha value is -6.03. The van der Waals surface area contributed by atoms with Crippen LogP contribution >= 0.6 is 23.5 Å². The molecule has 0 radical (unpaired) electrons. The lowest BCUT2D eigenvalue weighted by molar-refractivity contribution is -0.745.